The summed E-state index contributed by atoms with van der Waals surface area (Å²) in [4.78, 5) is 58.9. The van der Waals surface area contributed by atoms with Crippen LogP contribution in [-0.2, 0) is 35.2 Å². The molecule has 236 valence electrons. The molecule has 4 aliphatic rings. The number of carbonyl (C=O) groups is 4. The normalized spacial score (nSPS) is 31.0. The number of amides is 3. The second-order valence-electron chi connectivity index (χ2n) is 11.8. The van der Waals surface area contributed by atoms with Crippen LogP contribution in [0.2, 0.25) is 0 Å². The van der Waals surface area contributed by atoms with Gasteiger partial charge in [0.25, 0.3) is 0 Å². The highest BCUT2D eigenvalue weighted by molar-refractivity contribution is 9.11. The summed E-state index contributed by atoms with van der Waals surface area (Å²) in [6.45, 7) is 0.406. The molecule has 3 amide bonds. The standard InChI is InChI=1S/C34H36BrN3O7/c35-24-19-34-28-27(29(24)45-34)31(41)36-25(23-13-6-2-7-14-23)21-44-26(40)15-8-3-9-16-37(20-22-11-4-1-5-12-22)33(43)30(34)38(32(28)42)17-10-18-39/h1-7,9,11-14,19,25,27-30,39H,8,10,15-18,20-21H2,(H,36,41)/b9-3-/t25-,27-,28+,29-,30-,34+/m0/s1. The van der Waals surface area contributed by atoms with Gasteiger partial charge in [0, 0.05) is 37.1 Å². The lowest BCUT2D eigenvalue weighted by molar-refractivity contribution is -0.148. The molecule has 0 unspecified atom stereocenters. The Morgan fingerprint density at radius 2 is 1.71 bits per heavy atom. The fourth-order valence-corrected chi connectivity index (χ4v) is 7.67. The molecule has 2 N–H and O–H groups in total. The van der Waals surface area contributed by atoms with Gasteiger partial charge in [0.15, 0.2) is 0 Å². The first-order valence-electron chi connectivity index (χ1n) is 15.3. The Balaban J connectivity index is 1.42. The summed E-state index contributed by atoms with van der Waals surface area (Å²) in [5.41, 5.74) is 0.277. The highest BCUT2D eigenvalue weighted by atomic mass is 79.9. The molecule has 6 rings (SSSR count). The molecule has 4 aliphatic heterocycles. The summed E-state index contributed by atoms with van der Waals surface area (Å²) < 4.78 is 12.8. The largest absolute Gasteiger partial charge is 0.463 e. The summed E-state index contributed by atoms with van der Waals surface area (Å²) in [5.74, 6) is -3.41. The third kappa shape index (κ3) is 5.96. The number of carbonyl (C=O) groups excluding carboxylic acids is 4. The third-order valence-corrected chi connectivity index (χ3v) is 9.66. The van der Waals surface area contributed by atoms with Crippen LogP contribution in [0.1, 0.15) is 36.4 Å². The fourth-order valence-electron chi connectivity index (χ4n) is 6.93. The van der Waals surface area contributed by atoms with Gasteiger partial charge in [0.2, 0.25) is 17.7 Å². The summed E-state index contributed by atoms with van der Waals surface area (Å²) in [5, 5.41) is 12.7. The maximum absolute atomic E-state index is 14.7. The predicted molar refractivity (Wildman–Crippen MR) is 167 cm³/mol. The van der Waals surface area contributed by atoms with Crippen molar-refractivity contribution in [1.82, 2.24) is 15.1 Å². The van der Waals surface area contributed by atoms with Gasteiger partial charge in [-0.05, 0) is 30.0 Å². The molecule has 0 radical (unpaired) electrons. The molecule has 0 aromatic heterocycles. The van der Waals surface area contributed by atoms with Crippen molar-refractivity contribution < 1.29 is 33.8 Å². The Hall–Kier alpha value is -3.80. The van der Waals surface area contributed by atoms with E-state index >= 15 is 0 Å². The van der Waals surface area contributed by atoms with Gasteiger partial charge in [0.1, 0.15) is 24.4 Å². The number of nitrogens with zero attached hydrogens (tertiary/aromatic N) is 2. The van der Waals surface area contributed by atoms with Crippen molar-refractivity contribution in [3.8, 4) is 0 Å². The van der Waals surface area contributed by atoms with Crippen LogP contribution in [0.5, 0.6) is 0 Å². The number of hydrogen-bond donors (Lipinski definition) is 2. The molecule has 6 atom stereocenters. The highest BCUT2D eigenvalue weighted by Crippen LogP contribution is 2.58. The molecule has 5 bridgehead atoms. The van der Waals surface area contributed by atoms with Crippen molar-refractivity contribution in [3.05, 3.63) is 94.5 Å². The molecule has 1 spiro atoms. The number of cyclic esters (lactones) is 1. The number of aliphatic hydroxyl groups is 1. The number of likely N-dealkylation sites (tertiary alicyclic amines) is 1. The highest BCUT2D eigenvalue weighted by Gasteiger charge is 2.74. The molecule has 11 heteroatoms. The summed E-state index contributed by atoms with van der Waals surface area (Å²) in [6, 6.07) is 17.1. The van der Waals surface area contributed by atoms with E-state index in [-0.39, 0.29) is 57.5 Å². The second-order valence-corrected chi connectivity index (χ2v) is 12.7. The zero-order chi connectivity index (χ0) is 31.6. The van der Waals surface area contributed by atoms with Crippen molar-refractivity contribution in [2.24, 2.45) is 11.8 Å². The van der Waals surface area contributed by atoms with Crippen molar-refractivity contribution in [1.29, 1.82) is 0 Å². The Morgan fingerprint density at radius 1 is 0.978 bits per heavy atom. The van der Waals surface area contributed by atoms with E-state index in [9.17, 15) is 24.3 Å². The van der Waals surface area contributed by atoms with E-state index in [1.165, 1.54) is 4.90 Å². The number of rotatable bonds is 6. The van der Waals surface area contributed by atoms with Crippen LogP contribution < -0.4 is 5.32 Å². The van der Waals surface area contributed by atoms with E-state index in [1.807, 2.05) is 72.8 Å². The Kier molecular flexibility index (Phi) is 9.21. The Bertz CT molecular complexity index is 1500. The van der Waals surface area contributed by atoms with Gasteiger partial charge >= 0.3 is 5.97 Å². The van der Waals surface area contributed by atoms with Gasteiger partial charge in [-0.3, -0.25) is 19.2 Å². The maximum Gasteiger partial charge on any atom is 0.306 e. The number of halogens is 1. The molecule has 2 aromatic carbocycles. The van der Waals surface area contributed by atoms with Crippen LogP contribution in [0, 0.1) is 11.8 Å². The number of aliphatic hydroxyl groups excluding tert-OH is 1. The van der Waals surface area contributed by atoms with Crippen molar-refractivity contribution in [2.45, 2.75) is 49.6 Å². The third-order valence-electron chi connectivity index (χ3n) is 8.98. The van der Waals surface area contributed by atoms with Gasteiger partial charge in [-0.1, -0.05) is 88.7 Å². The number of esters is 1. The predicted octanol–water partition coefficient (Wildman–Crippen LogP) is 3.02. The molecule has 0 saturated carbocycles. The lowest BCUT2D eigenvalue weighted by Crippen LogP contribution is -2.55. The number of benzene rings is 2. The van der Waals surface area contributed by atoms with Gasteiger partial charge < -0.3 is 29.7 Å². The van der Waals surface area contributed by atoms with Crippen LogP contribution in [0.25, 0.3) is 0 Å². The molecular weight excluding hydrogens is 642 g/mol. The minimum absolute atomic E-state index is 0.0775. The number of ether oxygens (including phenoxy) is 2. The fraction of sp³-hybridized carbons (Fsp3) is 0.412. The Labute approximate surface area is 270 Å². The van der Waals surface area contributed by atoms with Crippen molar-refractivity contribution in [3.63, 3.8) is 0 Å². The number of nitrogens with one attached hydrogen (secondary N) is 1. The second kappa shape index (κ2) is 13.3. The lowest BCUT2D eigenvalue weighted by atomic mass is 9.74. The first-order valence-corrected chi connectivity index (χ1v) is 16.1. The average molecular weight is 679 g/mol. The van der Waals surface area contributed by atoms with E-state index in [1.54, 1.807) is 11.0 Å². The minimum atomic E-state index is -1.38. The monoisotopic (exact) mass is 677 g/mol. The number of hydrogen-bond acceptors (Lipinski definition) is 7. The summed E-state index contributed by atoms with van der Waals surface area (Å²) in [7, 11) is 0. The first kappa shape index (κ1) is 31.2. The Morgan fingerprint density at radius 3 is 2.44 bits per heavy atom. The quantitative estimate of drug-likeness (QED) is 0.356. The molecule has 2 fully saturated rings. The average Bonchev–Trinajstić information content (AvgIpc) is 3.64. The number of fused-ring (bicyclic) bond motifs is 2. The van der Waals surface area contributed by atoms with E-state index < -0.39 is 47.5 Å². The zero-order valence-electron chi connectivity index (χ0n) is 24.7. The van der Waals surface area contributed by atoms with Crippen LogP contribution in [0.4, 0.5) is 0 Å². The smallest absolute Gasteiger partial charge is 0.306 e. The van der Waals surface area contributed by atoms with Gasteiger partial charge in [0.05, 0.1) is 17.9 Å². The number of allylic oxidation sites excluding steroid dienone is 1. The molecule has 2 saturated heterocycles. The van der Waals surface area contributed by atoms with Gasteiger partial charge in [-0.25, -0.2) is 0 Å². The van der Waals surface area contributed by atoms with Crippen molar-refractivity contribution >= 4 is 39.6 Å². The zero-order valence-corrected chi connectivity index (χ0v) is 26.3. The van der Waals surface area contributed by atoms with E-state index in [2.05, 4.69) is 21.2 Å². The molecule has 0 aliphatic carbocycles. The molecule has 2 aromatic rings. The van der Waals surface area contributed by atoms with Gasteiger partial charge in [-0.2, -0.15) is 0 Å². The molecule has 4 heterocycles. The molecular formula is C34H36BrN3O7. The summed E-state index contributed by atoms with van der Waals surface area (Å²) >= 11 is 3.59. The van der Waals surface area contributed by atoms with E-state index in [0.29, 0.717) is 10.9 Å². The molecule has 45 heavy (non-hydrogen) atoms. The summed E-state index contributed by atoms with van der Waals surface area (Å²) in [6.07, 6.45) is 5.52. The van der Waals surface area contributed by atoms with Crippen molar-refractivity contribution in [2.75, 3.05) is 26.3 Å². The van der Waals surface area contributed by atoms with Gasteiger partial charge in [-0.15, -0.1) is 0 Å². The van der Waals surface area contributed by atoms with E-state index in [0.717, 1.165) is 11.1 Å². The topological polar surface area (TPSA) is 125 Å². The van der Waals surface area contributed by atoms with Crippen LogP contribution in [0.15, 0.2) is 83.4 Å². The minimum Gasteiger partial charge on any atom is -0.463 e. The van der Waals surface area contributed by atoms with Crippen LogP contribution in [0.3, 0.4) is 0 Å². The van der Waals surface area contributed by atoms with E-state index in [4.69, 9.17) is 9.47 Å². The lowest BCUT2D eigenvalue weighted by Gasteiger charge is -2.36. The maximum atomic E-state index is 14.7. The first-order chi connectivity index (χ1) is 21.8. The SMILES string of the molecule is O=C1CC/C=C\CN(Cc2ccccc2)C(=O)[C@@H]2N(CCCO)C(=O)[C@H]3[C@H](C(=O)N[C@H](c4ccccc4)CO1)[C@H]1O[C@@]23C=C1Br. The molecule has 10 nitrogen and oxygen atoms in total. The van der Waals surface area contributed by atoms with Crippen LogP contribution in [-0.4, -0.2) is 82.6 Å². The van der Waals surface area contributed by atoms with Crippen LogP contribution >= 0.6 is 15.9 Å².